The normalized spacial score (nSPS) is 10.4. The smallest absolute Gasteiger partial charge is 0.124 e. The molecule has 0 amide bonds. The van der Waals surface area contributed by atoms with Crippen LogP contribution in [0.2, 0.25) is 5.02 Å². The maximum Gasteiger partial charge on any atom is 0.124 e. The van der Waals surface area contributed by atoms with Gasteiger partial charge in [0.15, 0.2) is 0 Å². The summed E-state index contributed by atoms with van der Waals surface area (Å²) < 4.78 is 18.6. The molecule has 0 spiro atoms. The van der Waals surface area contributed by atoms with E-state index in [0.717, 1.165) is 11.1 Å². The van der Waals surface area contributed by atoms with Crippen LogP contribution in [0.3, 0.4) is 0 Å². The highest BCUT2D eigenvalue weighted by molar-refractivity contribution is 6.30. The summed E-state index contributed by atoms with van der Waals surface area (Å²) in [6, 6.07) is 11.6. The van der Waals surface area contributed by atoms with Crippen molar-refractivity contribution in [3.05, 3.63) is 64.4 Å². The van der Waals surface area contributed by atoms with Crippen LogP contribution in [0.15, 0.2) is 42.5 Å². The van der Waals surface area contributed by atoms with E-state index in [4.69, 9.17) is 27.9 Å². The SMILES string of the molecule is Fc1cccc(COc2ccc(Cl)cc2CCl)c1. The van der Waals surface area contributed by atoms with Gasteiger partial charge < -0.3 is 4.74 Å². The van der Waals surface area contributed by atoms with Gasteiger partial charge in [0.25, 0.3) is 0 Å². The van der Waals surface area contributed by atoms with Gasteiger partial charge in [0.1, 0.15) is 18.2 Å². The maximum atomic E-state index is 13.0. The Morgan fingerprint density at radius 3 is 2.67 bits per heavy atom. The Hall–Kier alpha value is -1.25. The molecular formula is C14H11Cl2FO. The minimum atomic E-state index is -0.273. The molecule has 0 unspecified atom stereocenters. The van der Waals surface area contributed by atoms with E-state index >= 15 is 0 Å². The first kappa shape index (κ1) is 13.2. The van der Waals surface area contributed by atoms with Gasteiger partial charge in [-0.3, -0.25) is 0 Å². The van der Waals surface area contributed by atoms with E-state index in [9.17, 15) is 4.39 Å². The fraction of sp³-hybridized carbons (Fsp3) is 0.143. The molecule has 4 heteroatoms. The first-order valence-corrected chi connectivity index (χ1v) is 6.32. The summed E-state index contributed by atoms with van der Waals surface area (Å²) in [6.07, 6.45) is 0. The zero-order valence-electron chi connectivity index (χ0n) is 9.50. The highest BCUT2D eigenvalue weighted by Gasteiger charge is 2.04. The van der Waals surface area contributed by atoms with Gasteiger partial charge in [-0.1, -0.05) is 23.7 Å². The van der Waals surface area contributed by atoms with Crippen LogP contribution in [0.1, 0.15) is 11.1 Å². The van der Waals surface area contributed by atoms with Gasteiger partial charge in [-0.05, 0) is 35.9 Å². The fourth-order valence-corrected chi connectivity index (χ4v) is 1.98. The van der Waals surface area contributed by atoms with E-state index < -0.39 is 0 Å². The number of hydrogen-bond acceptors (Lipinski definition) is 1. The second-order valence-corrected chi connectivity index (χ2v) is 4.51. The molecule has 0 aliphatic rings. The summed E-state index contributed by atoms with van der Waals surface area (Å²) in [6.45, 7) is 0.295. The van der Waals surface area contributed by atoms with Crippen molar-refractivity contribution in [1.82, 2.24) is 0 Å². The molecule has 2 rings (SSSR count). The Labute approximate surface area is 115 Å². The van der Waals surface area contributed by atoms with Crippen molar-refractivity contribution in [1.29, 1.82) is 0 Å². The van der Waals surface area contributed by atoms with Crippen LogP contribution in [0.4, 0.5) is 4.39 Å². The molecule has 0 radical (unpaired) electrons. The van der Waals surface area contributed by atoms with Crippen LogP contribution >= 0.6 is 23.2 Å². The van der Waals surface area contributed by atoms with Gasteiger partial charge in [0, 0.05) is 10.6 Å². The van der Waals surface area contributed by atoms with Crippen LogP contribution in [-0.2, 0) is 12.5 Å². The predicted octanol–water partition coefficient (Wildman–Crippen LogP) is 4.80. The average Bonchev–Trinajstić information content (AvgIpc) is 2.37. The van der Waals surface area contributed by atoms with Crippen molar-refractivity contribution in [3.8, 4) is 5.75 Å². The molecule has 0 heterocycles. The molecule has 0 N–H and O–H groups in total. The second kappa shape index (κ2) is 6.07. The van der Waals surface area contributed by atoms with E-state index in [1.54, 1.807) is 30.3 Å². The summed E-state index contributed by atoms with van der Waals surface area (Å²) in [5.74, 6) is 0.711. The number of benzene rings is 2. The van der Waals surface area contributed by atoms with E-state index in [-0.39, 0.29) is 5.82 Å². The molecule has 2 aromatic rings. The van der Waals surface area contributed by atoms with Crippen molar-refractivity contribution in [2.75, 3.05) is 0 Å². The van der Waals surface area contributed by atoms with Gasteiger partial charge in [-0.25, -0.2) is 4.39 Å². The molecule has 18 heavy (non-hydrogen) atoms. The Morgan fingerprint density at radius 2 is 1.94 bits per heavy atom. The van der Waals surface area contributed by atoms with Gasteiger partial charge >= 0.3 is 0 Å². The third kappa shape index (κ3) is 3.37. The number of ether oxygens (including phenoxy) is 1. The van der Waals surface area contributed by atoms with Gasteiger partial charge in [0.05, 0.1) is 5.88 Å². The van der Waals surface area contributed by atoms with Crippen LogP contribution in [0.5, 0.6) is 5.75 Å². The monoisotopic (exact) mass is 284 g/mol. The predicted molar refractivity (Wildman–Crippen MR) is 71.7 cm³/mol. The van der Waals surface area contributed by atoms with Crippen LogP contribution in [0.25, 0.3) is 0 Å². The quantitative estimate of drug-likeness (QED) is 0.733. The average molecular weight is 285 g/mol. The molecule has 0 saturated carbocycles. The third-order valence-corrected chi connectivity index (χ3v) is 2.97. The number of halogens is 3. The summed E-state index contributed by atoms with van der Waals surface area (Å²) in [5, 5.41) is 0.615. The van der Waals surface area contributed by atoms with Crippen molar-refractivity contribution < 1.29 is 9.13 Å². The lowest BCUT2D eigenvalue weighted by Gasteiger charge is -2.10. The topological polar surface area (TPSA) is 9.23 Å². The Bertz CT molecular complexity index is 543. The maximum absolute atomic E-state index is 13.0. The van der Waals surface area contributed by atoms with Crippen molar-refractivity contribution in [3.63, 3.8) is 0 Å². The standard InChI is InChI=1S/C14H11Cl2FO/c15-8-11-7-12(16)4-5-14(11)18-9-10-2-1-3-13(17)6-10/h1-7H,8-9H2. The molecule has 2 aromatic carbocycles. The van der Waals surface area contributed by atoms with Crippen molar-refractivity contribution in [2.24, 2.45) is 0 Å². The lowest BCUT2D eigenvalue weighted by Crippen LogP contribution is -1.98. The molecule has 0 atom stereocenters. The molecule has 0 aliphatic carbocycles. The first-order chi connectivity index (χ1) is 8.69. The molecule has 0 aliphatic heterocycles. The highest BCUT2D eigenvalue weighted by Crippen LogP contribution is 2.25. The largest absolute Gasteiger partial charge is 0.489 e. The van der Waals surface area contributed by atoms with E-state index in [2.05, 4.69) is 0 Å². The zero-order chi connectivity index (χ0) is 13.0. The molecule has 94 valence electrons. The minimum Gasteiger partial charge on any atom is -0.489 e. The first-order valence-electron chi connectivity index (χ1n) is 5.40. The summed E-state index contributed by atoms with van der Waals surface area (Å²) in [7, 11) is 0. The minimum absolute atomic E-state index is 0.273. The number of hydrogen-bond donors (Lipinski definition) is 0. The zero-order valence-corrected chi connectivity index (χ0v) is 11.0. The third-order valence-electron chi connectivity index (χ3n) is 2.45. The van der Waals surface area contributed by atoms with Crippen molar-refractivity contribution >= 4 is 23.2 Å². The van der Waals surface area contributed by atoms with Gasteiger partial charge in [-0.15, -0.1) is 11.6 Å². The summed E-state index contributed by atoms with van der Waals surface area (Å²) in [5.41, 5.74) is 1.59. The van der Waals surface area contributed by atoms with Gasteiger partial charge in [-0.2, -0.15) is 0 Å². The number of alkyl halides is 1. The number of rotatable bonds is 4. The lowest BCUT2D eigenvalue weighted by molar-refractivity contribution is 0.303. The van der Waals surface area contributed by atoms with E-state index in [0.29, 0.717) is 23.3 Å². The Balaban J connectivity index is 2.10. The van der Waals surface area contributed by atoms with Gasteiger partial charge in [0.2, 0.25) is 0 Å². The fourth-order valence-electron chi connectivity index (χ4n) is 1.58. The molecular weight excluding hydrogens is 274 g/mol. The van der Waals surface area contributed by atoms with E-state index in [1.807, 2.05) is 0 Å². The van der Waals surface area contributed by atoms with E-state index in [1.165, 1.54) is 12.1 Å². The van der Waals surface area contributed by atoms with Crippen molar-refractivity contribution in [2.45, 2.75) is 12.5 Å². The molecule has 0 aromatic heterocycles. The van der Waals surface area contributed by atoms with Crippen LogP contribution in [0, 0.1) is 5.82 Å². The highest BCUT2D eigenvalue weighted by atomic mass is 35.5. The lowest BCUT2D eigenvalue weighted by atomic mass is 10.2. The Kier molecular flexibility index (Phi) is 4.45. The molecule has 0 saturated heterocycles. The van der Waals surface area contributed by atoms with Crippen LogP contribution < -0.4 is 4.74 Å². The molecule has 0 fully saturated rings. The second-order valence-electron chi connectivity index (χ2n) is 3.80. The molecule has 0 bridgehead atoms. The Morgan fingerprint density at radius 1 is 1.11 bits per heavy atom. The molecule has 1 nitrogen and oxygen atoms in total. The summed E-state index contributed by atoms with van der Waals surface area (Å²) >= 11 is 11.7. The van der Waals surface area contributed by atoms with Crippen LogP contribution in [-0.4, -0.2) is 0 Å². The summed E-state index contributed by atoms with van der Waals surface area (Å²) in [4.78, 5) is 0.